The fourth-order valence-corrected chi connectivity index (χ4v) is 3.41. The lowest BCUT2D eigenvalue weighted by atomic mass is 10.2. The molecule has 0 fully saturated rings. The number of nitrogens with one attached hydrogen (secondary N) is 1. The Morgan fingerprint density at radius 2 is 1.48 bits per heavy atom. The third kappa shape index (κ3) is 5.02. The van der Waals surface area contributed by atoms with Crippen LogP contribution in [-0.2, 0) is 13.6 Å². The number of phosphoric acid groups is 1. The second-order valence-electron chi connectivity index (χ2n) is 5.46. The van der Waals surface area contributed by atoms with Crippen molar-refractivity contribution in [3.8, 4) is 0 Å². The van der Waals surface area contributed by atoms with Gasteiger partial charge >= 0.3 is 13.4 Å². The number of aromatic nitrogens is 6. The Morgan fingerprint density at radius 3 is 2.07 bits per heavy atom. The average Bonchev–Trinajstić information content (AvgIpc) is 3.20. The molecule has 2 aromatic heterocycles. The molecule has 29 heavy (non-hydrogen) atoms. The van der Waals surface area contributed by atoms with Crippen LogP contribution in [0.1, 0.15) is 13.8 Å². The fourth-order valence-electron chi connectivity index (χ4n) is 2.31. The van der Waals surface area contributed by atoms with E-state index in [1.165, 1.54) is 0 Å². The summed E-state index contributed by atoms with van der Waals surface area (Å²) >= 11 is 0. The molecule has 0 radical (unpaired) electrons. The molecule has 152 valence electrons. The predicted molar refractivity (Wildman–Crippen MR) is 105 cm³/mol. The van der Waals surface area contributed by atoms with Crippen LogP contribution in [-0.4, -0.2) is 43.8 Å². The zero-order chi connectivity index (χ0) is 20.7. The smallest absolute Gasteiger partial charge is 0.288 e. The summed E-state index contributed by atoms with van der Waals surface area (Å²) in [6.45, 7) is 3.47. The summed E-state index contributed by atoms with van der Waals surface area (Å²) in [7, 11) is -3.89. The van der Waals surface area contributed by atoms with E-state index in [2.05, 4.69) is 25.7 Å². The highest BCUT2D eigenvalue weighted by Gasteiger charge is 2.29. The highest BCUT2D eigenvalue weighted by molar-refractivity contribution is 7.48. The van der Waals surface area contributed by atoms with Crippen molar-refractivity contribution in [2.45, 2.75) is 13.8 Å². The largest absolute Gasteiger partial charge is 0.550 e. The van der Waals surface area contributed by atoms with Gasteiger partial charge in [0.05, 0.1) is 18.6 Å². The van der Waals surface area contributed by atoms with Gasteiger partial charge in [-0.05, 0) is 48.2 Å². The number of hydrogen-bond donors (Lipinski definition) is 1. The number of nitrogens with zero attached hydrogens (tertiary/aromatic N) is 5. The number of hydrogen-bond acceptors (Lipinski definition) is 9. The van der Waals surface area contributed by atoms with Gasteiger partial charge in [-0.1, -0.05) is 24.3 Å². The molecule has 1 N–H and O–H groups in total. The zero-order valence-corrected chi connectivity index (χ0v) is 16.7. The number of fused-ring (bicyclic) bond motifs is 2. The van der Waals surface area contributed by atoms with Crippen molar-refractivity contribution in [3.63, 3.8) is 0 Å². The van der Waals surface area contributed by atoms with E-state index in [9.17, 15) is 9.36 Å². The van der Waals surface area contributed by atoms with Gasteiger partial charge in [0.25, 0.3) is 0 Å². The fraction of sp³-hybridized carbons (Fsp3) is 0.235. The highest BCUT2D eigenvalue weighted by atomic mass is 31.2. The minimum Gasteiger partial charge on any atom is -0.288 e. The first-order chi connectivity index (χ1) is 14.1. The van der Waals surface area contributed by atoms with E-state index >= 15 is 0 Å². The van der Waals surface area contributed by atoms with Gasteiger partial charge < -0.3 is 0 Å². The minimum absolute atomic E-state index is 0.104. The number of aromatic amines is 1. The van der Waals surface area contributed by atoms with Gasteiger partial charge in [0.1, 0.15) is 16.6 Å². The Labute approximate surface area is 165 Å². The van der Waals surface area contributed by atoms with Crippen molar-refractivity contribution in [2.75, 3.05) is 13.2 Å². The van der Waals surface area contributed by atoms with Crippen LogP contribution in [0.2, 0.25) is 0 Å². The molecule has 11 nitrogen and oxygen atoms in total. The van der Waals surface area contributed by atoms with Gasteiger partial charge in [-0.2, -0.15) is 15.4 Å². The van der Waals surface area contributed by atoms with Gasteiger partial charge in [0.2, 0.25) is 0 Å². The maximum Gasteiger partial charge on any atom is 0.550 e. The topological polar surface area (TPSA) is 134 Å². The molecule has 0 spiro atoms. The summed E-state index contributed by atoms with van der Waals surface area (Å²) in [5.41, 5.74) is 1.66. The van der Waals surface area contributed by atoms with Crippen LogP contribution in [0.4, 0.5) is 0 Å². The van der Waals surface area contributed by atoms with Gasteiger partial charge in [-0.15, -0.1) is 5.10 Å². The molecule has 2 aromatic carbocycles. The summed E-state index contributed by atoms with van der Waals surface area (Å²) in [6.07, 6.45) is 0. The van der Waals surface area contributed by atoms with Gasteiger partial charge in [-0.25, -0.2) is 4.57 Å². The lowest BCUT2D eigenvalue weighted by molar-refractivity contribution is 0.0900. The Kier molecular flexibility index (Phi) is 6.65. The second-order valence-corrected chi connectivity index (χ2v) is 7.04. The molecule has 2 heterocycles. The molecule has 0 saturated carbocycles. The third-order valence-electron chi connectivity index (χ3n) is 3.52. The van der Waals surface area contributed by atoms with Crippen LogP contribution in [0.25, 0.3) is 21.9 Å². The van der Waals surface area contributed by atoms with Gasteiger partial charge in [0, 0.05) is 0 Å². The van der Waals surface area contributed by atoms with Crippen LogP contribution in [0.3, 0.4) is 0 Å². The molecule has 0 atom stereocenters. The number of benzene rings is 2. The highest BCUT2D eigenvalue weighted by Crippen LogP contribution is 2.45. The average molecular weight is 418 g/mol. The summed E-state index contributed by atoms with van der Waals surface area (Å²) in [4.78, 5) is 12.6. The van der Waals surface area contributed by atoms with Crippen LogP contribution < -0.4 is 10.2 Å². The first kappa shape index (κ1) is 20.6. The molecule has 0 bridgehead atoms. The van der Waals surface area contributed by atoms with Crippen LogP contribution in [0, 0.1) is 0 Å². The number of phosphoric ester groups is 1. The van der Waals surface area contributed by atoms with Gasteiger partial charge in [-0.3, -0.25) is 18.5 Å². The second kappa shape index (κ2) is 9.37. The van der Waals surface area contributed by atoms with E-state index in [1.807, 2.05) is 24.3 Å². The lowest BCUT2D eigenvalue weighted by Gasteiger charge is -2.15. The van der Waals surface area contributed by atoms with E-state index in [1.54, 1.807) is 38.1 Å². The molecular weight excluding hydrogens is 399 g/mol. The molecule has 0 aliphatic heterocycles. The molecule has 0 unspecified atom stereocenters. The molecule has 12 heteroatoms. The summed E-state index contributed by atoms with van der Waals surface area (Å²) < 4.78 is 27.0. The number of rotatable bonds is 6. The maximum absolute atomic E-state index is 12.2. The first-order valence-corrected chi connectivity index (χ1v) is 10.2. The molecule has 0 aliphatic carbocycles. The number of H-pyrrole nitrogens is 1. The Balaban J connectivity index is 0.000000220. The van der Waals surface area contributed by atoms with Crippen molar-refractivity contribution < 1.29 is 18.2 Å². The maximum atomic E-state index is 12.2. The SMILES string of the molecule is CCOP(=O)(OCC)On1nnc2ccccc2c1=O.c1ccc2n[nH]nc2c1. The van der Waals surface area contributed by atoms with E-state index in [4.69, 9.17) is 13.7 Å². The van der Waals surface area contributed by atoms with Crippen LogP contribution in [0.5, 0.6) is 0 Å². The molecular formula is C17H19N6O5P. The molecule has 4 rings (SSSR count). The van der Waals surface area contributed by atoms with E-state index in [-0.39, 0.29) is 13.2 Å². The predicted octanol–water partition coefficient (Wildman–Crippen LogP) is 2.36. The number of para-hydroxylation sites is 2. The van der Waals surface area contributed by atoms with Crippen molar-refractivity contribution in [1.29, 1.82) is 0 Å². The van der Waals surface area contributed by atoms with E-state index in [0.717, 1.165) is 11.0 Å². The summed E-state index contributed by atoms with van der Waals surface area (Å²) in [5.74, 6) is 0. The van der Waals surface area contributed by atoms with Crippen LogP contribution in [0.15, 0.2) is 53.3 Å². The van der Waals surface area contributed by atoms with Crippen molar-refractivity contribution in [1.82, 2.24) is 30.6 Å². The zero-order valence-electron chi connectivity index (χ0n) is 15.8. The first-order valence-electron chi connectivity index (χ1n) is 8.75. The quantitative estimate of drug-likeness (QED) is 0.468. The summed E-state index contributed by atoms with van der Waals surface area (Å²) in [5, 5.41) is 18.0. The third-order valence-corrected chi connectivity index (χ3v) is 5.02. The Morgan fingerprint density at radius 1 is 0.931 bits per heavy atom. The van der Waals surface area contributed by atoms with Gasteiger partial charge in [0.15, 0.2) is 0 Å². The Hall–Kier alpha value is -3.14. The van der Waals surface area contributed by atoms with Crippen molar-refractivity contribution >= 4 is 29.8 Å². The monoisotopic (exact) mass is 418 g/mol. The van der Waals surface area contributed by atoms with E-state index < -0.39 is 13.4 Å². The lowest BCUT2D eigenvalue weighted by Crippen LogP contribution is -2.30. The summed E-state index contributed by atoms with van der Waals surface area (Å²) in [6, 6.07) is 14.3. The van der Waals surface area contributed by atoms with Crippen molar-refractivity contribution in [2.24, 2.45) is 0 Å². The minimum atomic E-state index is -3.89. The molecule has 0 aliphatic rings. The van der Waals surface area contributed by atoms with E-state index in [0.29, 0.717) is 15.7 Å². The standard InChI is InChI=1S/C11H14N3O5P.C6H5N3/c1-3-17-20(16,18-4-2)19-14-11(15)9-7-5-6-8-10(9)12-13-14;1-2-4-6-5(3-1)7-9-8-6/h5-8H,3-4H2,1-2H3;1-4H,(H,7,8,9). The van der Waals surface area contributed by atoms with Crippen molar-refractivity contribution in [3.05, 3.63) is 58.9 Å². The molecule has 4 aromatic rings. The Bertz CT molecular complexity index is 1150. The molecule has 0 saturated heterocycles. The molecule has 0 amide bonds. The van der Waals surface area contributed by atoms with Crippen LogP contribution >= 0.6 is 7.82 Å². The normalized spacial score (nSPS) is 11.2.